The van der Waals surface area contributed by atoms with Gasteiger partial charge in [-0.15, -0.1) is 0 Å². The highest BCUT2D eigenvalue weighted by molar-refractivity contribution is 5.90. The summed E-state index contributed by atoms with van der Waals surface area (Å²) in [4.78, 5) is 11.4. The number of anilines is 1. The SMILES string of the molecule is COc1cc(C(=O)OCCC(F)(F)F)ccc1N. The monoisotopic (exact) mass is 263 g/mol. The summed E-state index contributed by atoms with van der Waals surface area (Å²) in [5, 5.41) is 0. The first-order chi connectivity index (χ1) is 8.33. The second-order valence-corrected chi connectivity index (χ2v) is 3.46. The predicted molar refractivity (Wildman–Crippen MR) is 58.4 cm³/mol. The largest absolute Gasteiger partial charge is 0.495 e. The Hall–Kier alpha value is -1.92. The second kappa shape index (κ2) is 5.61. The fourth-order valence-electron chi connectivity index (χ4n) is 1.18. The number of halogens is 3. The average molecular weight is 263 g/mol. The highest BCUT2D eigenvalue weighted by atomic mass is 19.4. The maximum absolute atomic E-state index is 11.9. The van der Waals surface area contributed by atoms with Gasteiger partial charge in [0.05, 0.1) is 24.8 Å². The molecule has 0 radical (unpaired) electrons. The zero-order valence-electron chi connectivity index (χ0n) is 9.58. The van der Waals surface area contributed by atoms with Crippen molar-refractivity contribution in [2.24, 2.45) is 0 Å². The van der Waals surface area contributed by atoms with Crippen molar-refractivity contribution < 1.29 is 27.4 Å². The number of carbonyl (C=O) groups excluding carboxylic acids is 1. The lowest BCUT2D eigenvalue weighted by atomic mass is 10.2. The van der Waals surface area contributed by atoms with Crippen molar-refractivity contribution in [1.82, 2.24) is 0 Å². The van der Waals surface area contributed by atoms with Crippen LogP contribution in [0.1, 0.15) is 16.8 Å². The van der Waals surface area contributed by atoms with E-state index in [2.05, 4.69) is 4.74 Å². The Morgan fingerprint density at radius 2 is 2.06 bits per heavy atom. The van der Waals surface area contributed by atoms with Gasteiger partial charge in [0.2, 0.25) is 0 Å². The van der Waals surface area contributed by atoms with E-state index in [4.69, 9.17) is 10.5 Å². The molecule has 0 unspecified atom stereocenters. The molecule has 0 bridgehead atoms. The molecule has 0 saturated carbocycles. The van der Waals surface area contributed by atoms with E-state index in [9.17, 15) is 18.0 Å². The van der Waals surface area contributed by atoms with Crippen LogP contribution in [0, 0.1) is 0 Å². The molecule has 0 heterocycles. The van der Waals surface area contributed by atoms with E-state index in [-0.39, 0.29) is 11.3 Å². The van der Waals surface area contributed by atoms with Crippen LogP contribution in [0.15, 0.2) is 18.2 Å². The van der Waals surface area contributed by atoms with E-state index in [1.807, 2.05) is 0 Å². The van der Waals surface area contributed by atoms with Gasteiger partial charge in [-0.2, -0.15) is 13.2 Å². The number of alkyl halides is 3. The van der Waals surface area contributed by atoms with Gasteiger partial charge in [-0.3, -0.25) is 0 Å². The molecule has 100 valence electrons. The van der Waals surface area contributed by atoms with E-state index >= 15 is 0 Å². The Kier molecular flexibility index (Phi) is 4.41. The van der Waals surface area contributed by atoms with Gasteiger partial charge in [0.15, 0.2) is 0 Å². The van der Waals surface area contributed by atoms with Crippen LogP contribution in [-0.4, -0.2) is 25.9 Å². The van der Waals surface area contributed by atoms with Crippen LogP contribution >= 0.6 is 0 Å². The Morgan fingerprint density at radius 1 is 1.39 bits per heavy atom. The highest BCUT2D eigenvalue weighted by Gasteiger charge is 2.27. The van der Waals surface area contributed by atoms with Crippen LogP contribution in [0.5, 0.6) is 5.75 Å². The Balaban J connectivity index is 2.62. The van der Waals surface area contributed by atoms with Gasteiger partial charge in [0.25, 0.3) is 0 Å². The summed E-state index contributed by atoms with van der Waals surface area (Å²) < 4.78 is 44.9. The van der Waals surface area contributed by atoms with E-state index in [1.54, 1.807) is 0 Å². The first kappa shape index (κ1) is 14.1. The molecular formula is C11H12F3NO3. The lowest BCUT2D eigenvalue weighted by Crippen LogP contribution is -2.14. The summed E-state index contributed by atoms with van der Waals surface area (Å²) in [6, 6.07) is 4.08. The number of esters is 1. The number of carbonyl (C=O) groups is 1. The fourth-order valence-corrected chi connectivity index (χ4v) is 1.18. The summed E-state index contributed by atoms with van der Waals surface area (Å²) in [5.74, 6) is -0.585. The van der Waals surface area contributed by atoms with E-state index in [0.717, 1.165) is 0 Å². The van der Waals surface area contributed by atoms with Crippen LogP contribution < -0.4 is 10.5 Å². The third kappa shape index (κ3) is 4.15. The number of nitrogens with two attached hydrogens (primary N) is 1. The van der Waals surface area contributed by atoms with E-state index in [0.29, 0.717) is 5.69 Å². The summed E-state index contributed by atoms with van der Waals surface area (Å²) >= 11 is 0. The van der Waals surface area contributed by atoms with Crippen molar-refractivity contribution in [2.75, 3.05) is 19.5 Å². The van der Waals surface area contributed by atoms with Crippen molar-refractivity contribution in [2.45, 2.75) is 12.6 Å². The van der Waals surface area contributed by atoms with Gasteiger partial charge in [-0.05, 0) is 18.2 Å². The van der Waals surface area contributed by atoms with Gasteiger partial charge in [-0.25, -0.2) is 4.79 Å². The molecule has 0 fully saturated rings. The van der Waals surface area contributed by atoms with Crippen LogP contribution in [0.2, 0.25) is 0 Å². The molecule has 4 nitrogen and oxygen atoms in total. The smallest absolute Gasteiger partial charge is 0.392 e. The minimum absolute atomic E-state index is 0.0863. The molecule has 7 heteroatoms. The molecule has 18 heavy (non-hydrogen) atoms. The molecular weight excluding hydrogens is 251 g/mol. The number of hydrogen-bond donors (Lipinski definition) is 1. The summed E-state index contributed by atoms with van der Waals surface area (Å²) in [7, 11) is 1.37. The summed E-state index contributed by atoms with van der Waals surface area (Å²) in [5.41, 5.74) is 5.94. The second-order valence-electron chi connectivity index (χ2n) is 3.46. The third-order valence-electron chi connectivity index (χ3n) is 2.09. The number of hydrogen-bond acceptors (Lipinski definition) is 4. The Labute approximate surface area is 101 Å². The Bertz CT molecular complexity index is 432. The minimum atomic E-state index is -4.35. The van der Waals surface area contributed by atoms with Crippen LogP contribution in [0.25, 0.3) is 0 Å². The molecule has 1 aromatic rings. The predicted octanol–water partition coefficient (Wildman–Crippen LogP) is 2.39. The van der Waals surface area contributed by atoms with Gasteiger partial charge < -0.3 is 15.2 Å². The topological polar surface area (TPSA) is 61.5 Å². The van der Waals surface area contributed by atoms with Gasteiger partial charge in [0, 0.05) is 0 Å². The highest BCUT2D eigenvalue weighted by Crippen LogP contribution is 2.23. The van der Waals surface area contributed by atoms with Crippen LogP contribution in [0.3, 0.4) is 0 Å². The number of ether oxygens (including phenoxy) is 2. The first-order valence-electron chi connectivity index (χ1n) is 5.01. The zero-order valence-corrected chi connectivity index (χ0v) is 9.58. The molecule has 1 aromatic carbocycles. The summed E-state index contributed by atoms with van der Waals surface area (Å²) in [6.45, 7) is -0.713. The lowest BCUT2D eigenvalue weighted by Gasteiger charge is -2.09. The molecule has 0 atom stereocenters. The van der Waals surface area contributed by atoms with Crippen LogP contribution in [-0.2, 0) is 4.74 Å². The maximum Gasteiger partial charge on any atom is 0.392 e. The summed E-state index contributed by atoms with van der Waals surface area (Å²) in [6.07, 6.45) is -5.52. The standard InChI is InChI=1S/C11H12F3NO3/c1-17-9-6-7(2-3-8(9)15)10(16)18-5-4-11(12,13)14/h2-3,6H,4-5,15H2,1H3. The Morgan fingerprint density at radius 3 is 2.61 bits per heavy atom. The third-order valence-corrected chi connectivity index (χ3v) is 2.09. The zero-order chi connectivity index (χ0) is 13.8. The van der Waals surface area contributed by atoms with Gasteiger partial charge in [-0.1, -0.05) is 0 Å². The number of nitrogen functional groups attached to an aromatic ring is 1. The quantitative estimate of drug-likeness (QED) is 0.669. The number of methoxy groups -OCH3 is 1. The fraction of sp³-hybridized carbons (Fsp3) is 0.364. The molecule has 2 N–H and O–H groups in total. The normalized spacial score (nSPS) is 11.1. The average Bonchev–Trinajstić information content (AvgIpc) is 2.27. The minimum Gasteiger partial charge on any atom is -0.495 e. The molecule has 0 saturated heterocycles. The lowest BCUT2D eigenvalue weighted by molar-refractivity contribution is -0.141. The van der Waals surface area contributed by atoms with E-state index in [1.165, 1.54) is 25.3 Å². The first-order valence-corrected chi connectivity index (χ1v) is 5.01. The molecule has 0 aliphatic heterocycles. The maximum atomic E-state index is 11.9. The number of benzene rings is 1. The van der Waals surface area contributed by atoms with E-state index < -0.39 is 25.2 Å². The van der Waals surface area contributed by atoms with Crippen molar-refractivity contribution in [3.8, 4) is 5.75 Å². The van der Waals surface area contributed by atoms with Gasteiger partial charge >= 0.3 is 12.1 Å². The van der Waals surface area contributed by atoms with Crippen LogP contribution in [0.4, 0.5) is 18.9 Å². The molecule has 0 aliphatic rings. The van der Waals surface area contributed by atoms with Gasteiger partial charge in [0.1, 0.15) is 12.4 Å². The van der Waals surface area contributed by atoms with Crippen molar-refractivity contribution in [1.29, 1.82) is 0 Å². The molecule has 0 amide bonds. The molecule has 0 spiro atoms. The van der Waals surface area contributed by atoms with Crippen molar-refractivity contribution in [3.63, 3.8) is 0 Å². The molecule has 1 rings (SSSR count). The van der Waals surface area contributed by atoms with Crippen molar-refractivity contribution >= 4 is 11.7 Å². The number of rotatable bonds is 4. The molecule has 0 aromatic heterocycles. The van der Waals surface area contributed by atoms with Crippen molar-refractivity contribution in [3.05, 3.63) is 23.8 Å². The molecule has 0 aliphatic carbocycles.